The Morgan fingerprint density at radius 3 is 1.75 bits per heavy atom. The summed E-state index contributed by atoms with van der Waals surface area (Å²) < 4.78 is 0. The maximum atomic E-state index is 5.69. The molecule has 1 saturated heterocycles. The summed E-state index contributed by atoms with van der Waals surface area (Å²) in [5.41, 5.74) is 0. The predicted octanol–water partition coefficient (Wildman–Crippen LogP) is 2.81. The van der Waals surface area contributed by atoms with Crippen LogP contribution in [0.15, 0.2) is 0 Å². The second-order valence-electron chi connectivity index (χ2n) is 4.79. The predicted molar refractivity (Wildman–Crippen MR) is 72.4 cm³/mol. The third-order valence-corrected chi connectivity index (χ3v) is 3.67. The van der Waals surface area contributed by atoms with E-state index in [1.54, 1.807) is 0 Å². The number of piperazine rings is 1. The van der Waals surface area contributed by atoms with E-state index in [0.29, 0.717) is 0 Å². The van der Waals surface area contributed by atoms with Crippen molar-refractivity contribution < 1.29 is 0 Å². The minimum atomic E-state index is 0.816. The molecule has 0 atom stereocenters. The van der Waals surface area contributed by atoms with Crippen molar-refractivity contribution in [3.05, 3.63) is 0 Å². The highest BCUT2D eigenvalue weighted by atomic mass is 35.5. The van der Waals surface area contributed by atoms with Gasteiger partial charge < -0.3 is 9.80 Å². The van der Waals surface area contributed by atoms with Crippen LogP contribution in [0.4, 0.5) is 0 Å². The largest absolute Gasteiger partial charge is 0.301 e. The van der Waals surface area contributed by atoms with E-state index in [9.17, 15) is 0 Å². The van der Waals surface area contributed by atoms with Crippen molar-refractivity contribution in [3.8, 4) is 0 Å². The van der Waals surface area contributed by atoms with Gasteiger partial charge in [0.05, 0.1) is 0 Å². The normalized spacial score (nSPS) is 19.1. The third kappa shape index (κ3) is 6.07. The molecule has 96 valence electrons. The maximum Gasteiger partial charge on any atom is 0.0223 e. The molecule has 0 aromatic rings. The van der Waals surface area contributed by atoms with E-state index in [2.05, 4.69) is 16.7 Å². The van der Waals surface area contributed by atoms with Crippen molar-refractivity contribution in [2.75, 3.05) is 45.1 Å². The molecule has 0 amide bonds. The number of alkyl halides is 1. The number of unbranched alkanes of at least 4 members (excludes halogenated alkanes) is 3. The average molecular weight is 247 g/mol. The topological polar surface area (TPSA) is 6.48 Å². The summed E-state index contributed by atoms with van der Waals surface area (Å²) in [7, 11) is 0. The number of rotatable bonds is 8. The van der Waals surface area contributed by atoms with E-state index in [1.807, 2.05) is 0 Å². The Labute approximate surface area is 106 Å². The Morgan fingerprint density at radius 1 is 0.812 bits per heavy atom. The molecule has 0 aliphatic carbocycles. The van der Waals surface area contributed by atoms with E-state index in [-0.39, 0.29) is 0 Å². The zero-order valence-electron chi connectivity index (χ0n) is 10.8. The van der Waals surface area contributed by atoms with Crippen LogP contribution >= 0.6 is 11.6 Å². The van der Waals surface area contributed by atoms with Crippen LogP contribution in [0.25, 0.3) is 0 Å². The first-order chi connectivity index (χ1) is 7.86. The van der Waals surface area contributed by atoms with Gasteiger partial charge in [-0.15, -0.1) is 11.6 Å². The van der Waals surface area contributed by atoms with Crippen LogP contribution in [0, 0.1) is 0 Å². The maximum absolute atomic E-state index is 5.69. The van der Waals surface area contributed by atoms with Crippen LogP contribution in [-0.4, -0.2) is 54.9 Å². The minimum Gasteiger partial charge on any atom is -0.301 e. The second kappa shape index (κ2) is 9.26. The molecule has 2 nitrogen and oxygen atoms in total. The van der Waals surface area contributed by atoms with Crippen molar-refractivity contribution in [2.24, 2.45) is 0 Å². The summed E-state index contributed by atoms with van der Waals surface area (Å²) in [6, 6.07) is 0. The highest BCUT2D eigenvalue weighted by Crippen LogP contribution is 2.06. The molecule has 0 N–H and O–H groups in total. The van der Waals surface area contributed by atoms with Crippen LogP contribution in [0.1, 0.15) is 39.0 Å². The van der Waals surface area contributed by atoms with Crippen LogP contribution in [0.5, 0.6) is 0 Å². The lowest BCUT2D eigenvalue weighted by Crippen LogP contribution is -2.46. The Bertz CT molecular complexity index is 138. The van der Waals surface area contributed by atoms with E-state index < -0.39 is 0 Å². The van der Waals surface area contributed by atoms with Gasteiger partial charge in [0, 0.05) is 32.1 Å². The average Bonchev–Trinajstić information content (AvgIpc) is 2.32. The molecule has 0 radical (unpaired) electrons. The molecule has 16 heavy (non-hydrogen) atoms. The highest BCUT2D eigenvalue weighted by molar-refractivity contribution is 6.17. The van der Waals surface area contributed by atoms with E-state index in [4.69, 9.17) is 11.6 Å². The summed E-state index contributed by atoms with van der Waals surface area (Å²) in [6.45, 7) is 9.88. The second-order valence-corrected chi connectivity index (χ2v) is 5.16. The summed E-state index contributed by atoms with van der Waals surface area (Å²) in [6.07, 6.45) is 6.52. The summed E-state index contributed by atoms with van der Waals surface area (Å²) in [5.74, 6) is 0.816. The van der Waals surface area contributed by atoms with Crippen molar-refractivity contribution in [1.82, 2.24) is 9.80 Å². The van der Waals surface area contributed by atoms with Crippen LogP contribution in [-0.2, 0) is 0 Å². The van der Waals surface area contributed by atoms with Gasteiger partial charge in [0.25, 0.3) is 0 Å². The standard InChI is InChI=1S/C13H27ClN2/c1-2-3-5-8-15-10-12-16(13-11-15)9-6-4-7-14/h2-13H2,1H3. The lowest BCUT2D eigenvalue weighted by atomic mass is 10.2. The Morgan fingerprint density at radius 2 is 1.31 bits per heavy atom. The zero-order valence-corrected chi connectivity index (χ0v) is 11.5. The molecule has 0 saturated carbocycles. The molecule has 0 unspecified atom stereocenters. The third-order valence-electron chi connectivity index (χ3n) is 3.40. The summed E-state index contributed by atoms with van der Waals surface area (Å²) >= 11 is 5.69. The van der Waals surface area contributed by atoms with Crippen LogP contribution in [0.3, 0.4) is 0 Å². The van der Waals surface area contributed by atoms with Gasteiger partial charge in [-0.05, 0) is 32.4 Å². The number of hydrogen-bond acceptors (Lipinski definition) is 2. The molecule has 0 spiro atoms. The number of hydrogen-bond donors (Lipinski definition) is 0. The van der Waals surface area contributed by atoms with Gasteiger partial charge in [-0.3, -0.25) is 0 Å². The van der Waals surface area contributed by atoms with Gasteiger partial charge in [-0.2, -0.15) is 0 Å². The van der Waals surface area contributed by atoms with E-state index >= 15 is 0 Å². The van der Waals surface area contributed by atoms with Gasteiger partial charge >= 0.3 is 0 Å². The summed E-state index contributed by atoms with van der Waals surface area (Å²) in [5, 5.41) is 0. The molecule has 1 aliphatic heterocycles. The molecular weight excluding hydrogens is 220 g/mol. The highest BCUT2D eigenvalue weighted by Gasteiger charge is 2.15. The van der Waals surface area contributed by atoms with Crippen LogP contribution < -0.4 is 0 Å². The minimum absolute atomic E-state index is 0.816. The van der Waals surface area contributed by atoms with Gasteiger partial charge in [-0.1, -0.05) is 19.8 Å². The Balaban J connectivity index is 2.00. The van der Waals surface area contributed by atoms with E-state index in [0.717, 1.165) is 12.3 Å². The first-order valence-electron chi connectivity index (χ1n) is 6.87. The van der Waals surface area contributed by atoms with Crippen molar-refractivity contribution >= 4 is 11.6 Å². The van der Waals surface area contributed by atoms with Crippen LogP contribution in [0.2, 0.25) is 0 Å². The molecule has 1 heterocycles. The SMILES string of the molecule is CCCCCN1CCN(CCCCCl)CC1. The number of nitrogens with zero attached hydrogens (tertiary/aromatic N) is 2. The van der Waals surface area contributed by atoms with Gasteiger partial charge in [-0.25, -0.2) is 0 Å². The fourth-order valence-corrected chi connectivity index (χ4v) is 2.44. The molecule has 0 bridgehead atoms. The fraction of sp³-hybridized carbons (Fsp3) is 1.00. The quantitative estimate of drug-likeness (QED) is 0.480. The molecule has 0 aromatic carbocycles. The molecular formula is C13H27ClN2. The van der Waals surface area contributed by atoms with Gasteiger partial charge in [0.2, 0.25) is 0 Å². The Kier molecular flexibility index (Phi) is 8.26. The molecule has 3 heteroatoms. The first kappa shape index (κ1) is 14.3. The lowest BCUT2D eigenvalue weighted by Gasteiger charge is -2.34. The Hall–Kier alpha value is 0.210. The van der Waals surface area contributed by atoms with Crippen molar-refractivity contribution in [1.29, 1.82) is 0 Å². The molecule has 0 aromatic heterocycles. The molecule has 1 rings (SSSR count). The van der Waals surface area contributed by atoms with Gasteiger partial charge in [0.1, 0.15) is 0 Å². The summed E-state index contributed by atoms with van der Waals surface area (Å²) in [4.78, 5) is 5.20. The number of halogens is 1. The fourth-order valence-electron chi connectivity index (χ4n) is 2.25. The smallest absolute Gasteiger partial charge is 0.0223 e. The van der Waals surface area contributed by atoms with Gasteiger partial charge in [0.15, 0.2) is 0 Å². The zero-order chi connectivity index (χ0) is 11.6. The monoisotopic (exact) mass is 246 g/mol. The van der Waals surface area contributed by atoms with E-state index in [1.165, 1.54) is 65.0 Å². The first-order valence-corrected chi connectivity index (χ1v) is 7.41. The molecule has 1 fully saturated rings. The lowest BCUT2D eigenvalue weighted by molar-refractivity contribution is 0.129. The molecule has 1 aliphatic rings. The van der Waals surface area contributed by atoms with Crippen molar-refractivity contribution in [2.45, 2.75) is 39.0 Å². The van der Waals surface area contributed by atoms with Crippen molar-refractivity contribution in [3.63, 3.8) is 0 Å².